The van der Waals surface area contributed by atoms with Crippen LogP contribution in [-0.4, -0.2) is 49.4 Å². The third-order valence-electron chi connectivity index (χ3n) is 2.17. The number of nitrogens with zero attached hydrogens (tertiary/aromatic N) is 1. The fourth-order valence-corrected chi connectivity index (χ4v) is 1.66. The molecule has 0 atom stereocenters. The van der Waals surface area contributed by atoms with Crippen molar-refractivity contribution in [1.29, 1.82) is 0 Å². The Balaban J connectivity index is 0. The van der Waals surface area contributed by atoms with Crippen molar-refractivity contribution in [1.82, 2.24) is 0 Å². The van der Waals surface area contributed by atoms with Crippen molar-refractivity contribution in [3.63, 3.8) is 0 Å². The molecule has 0 aliphatic rings. The van der Waals surface area contributed by atoms with Gasteiger partial charge in [-0.1, -0.05) is 13.8 Å². The van der Waals surface area contributed by atoms with Crippen molar-refractivity contribution in [2.75, 3.05) is 33.3 Å². The first-order valence-corrected chi connectivity index (χ1v) is 5.10. The van der Waals surface area contributed by atoms with Crippen LogP contribution in [0.3, 0.4) is 0 Å². The fourth-order valence-electron chi connectivity index (χ4n) is 1.66. The van der Waals surface area contributed by atoms with Crippen LogP contribution in [0.15, 0.2) is 0 Å². The molecule has 0 aliphatic carbocycles. The second kappa shape index (κ2) is 10.5. The summed E-state index contributed by atoms with van der Waals surface area (Å²) in [6.07, 6.45) is 2.41. The highest BCUT2D eigenvalue weighted by atomic mass is 16.3. The molecule has 4 nitrogen and oxygen atoms in total. The molecule has 0 aromatic heterocycles. The SMILES string of the molecule is CCC[N+](C)(CCC)CCO.O=C[O-]. The van der Waals surface area contributed by atoms with Gasteiger partial charge in [0.1, 0.15) is 6.54 Å². The van der Waals surface area contributed by atoms with Crippen LogP contribution in [-0.2, 0) is 4.79 Å². The number of carbonyl (C=O) groups is 1. The number of likely N-dealkylation sites (N-methyl/N-ethyl adjacent to an activating group) is 1. The Kier molecular flexibility index (Phi) is 11.9. The molecule has 0 unspecified atom stereocenters. The van der Waals surface area contributed by atoms with Gasteiger partial charge in [-0.2, -0.15) is 0 Å². The van der Waals surface area contributed by atoms with E-state index in [2.05, 4.69) is 20.9 Å². The molecule has 0 radical (unpaired) electrons. The first kappa shape index (κ1) is 15.8. The van der Waals surface area contributed by atoms with Crippen LogP contribution in [0.2, 0.25) is 0 Å². The third kappa shape index (κ3) is 9.48. The van der Waals surface area contributed by atoms with E-state index in [1.54, 1.807) is 0 Å². The maximum atomic E-state index is 8.84. The van der Waals surface area contributed by atoms with E-state index in [1.807, 2.05) is 0 Å². The van der Waals surface area contributed by atoms with Crippen LogP contribution in [0.25, 0.3) is 0 Å². The van der Waals surface area contributed by atoms with Crippen molar-refractivity contribution in [3.05, 3.63) is 0 Å². The summed E-state index contributed by atoms with van der Waals surface area (Å²) in [7, 11) is 2.23. The van der Waals surface area contributed by atoms with Crippen molar-refractivity contribution in [3.8, 4) is 0 Å². The van der Waals surface area contributed by atoms with E-state index in [1.165, 1.54) is 25.9 Å². The Bertz CT molecular complexity index is 112. The lowest BCUT2D eigenvalue weighted by Gasteiger charge is -2.33. The first-order chi connectivity index (χ1) is 6.60. The Morgan fingerprint density at radius 1 is 1.21 bits per heavy atom. The average Bonchev–Trinajstić information content (AvgIpc) is 2.06. The molecule has 0 aromatic rings. The summed E-state index contributed by atoms with van der Waals surface area (Å²) in [5, 5.41) is 17.1. The van der Waals surface area contributed by atoms with Gasteiger partial charge < -0.3 is 19.5 Å². The molecule has 0 saturated heterocycles. The summed E-state index contributed by atoms with van der Waals surface area (Å²) in [6.45, 7) is 7.49. The summed E-state index contributed by atoms with van der Waals surface area (Å²) in [5.41, 5.74) is 0. The van der Waals surface area contributed by atoms with Crippen LogP contribution < -0.4 is 5.11 Å². The topological polar surface area (TPSA) is 60.4 Å². The molecule has 0 aromatic carbocycles. The minimum Gasteiger partial charge on any atom is -0.554 e. The Morgan fingerprint density at radius 3 is 1.79 bits per heavy atom. The van der Waals surface area contributed by atoms with Crippen molar-refractivity contribution >= 4 is 6.47 Å². The van der Waals surface area contributed by atoms with Crippen molar-refractivity contribution < 1.29 is 19.5 Å². The van der Waals surface area contributed by atoms with Crippen LogP contribution in [0.4, 0.5) is 0 Å². The van der Waals surface area contributed by atoms with E-state index in [9.17, 15) is 0 Å². The van der Waals surface area contributed by atoms with Gasteiger partial charge in [0.05, 0.1) is 26.7 Å². The fraction of sp³-hybridized carbons (Fsp3) is 0.900. The Labute approximate surface area is 86.7 Å². The zero-order chi connectivity index (χ0) is 11.4. The molecule has 0 spiro atoms. The molecule has 0 saturated carbocycles. The number of rotatable bonds is 6. The zero-order valence-electron chi connectivity index (χ0n) is 9.53. The van der Waals surface area contributed by atoms with E-state index in [-0.39, 0.29) is 0 Å². The van der Waals surface area contributed by atoms with Crippen molar-refractivity contribution in [2.45, 2.75) is 26.7 Å². The average molecular weight is 205 g/mol. The van der Waals surface area contributed by atoms with Gasteiger partial charge in [-0.05, 0) is 12.8 Å². The highest BCUT2D eigenvalue weighted by molar-refractivity contribution is 5.29. The van der Waals surface area contributed by atoms with Gasteiger partial charge in [0.2, 0.25) is 0 Å². The number of carboxylic acid groups (broad SMARTS) is 1. The number of aliphatic hydroxyl groups excluding tert-OH is 1. The quantitative estimate of drug-likeness (QED) is 0.474. The molecule has 1 N–H and O–H groups in total. The van der Waals surface area contributed by atoms with Crippen LogP contribution in [0, 0.1) is 0 Å². The van der Waals surface area contributed by atoms with Crippen LogP contribution >= 0.6 is 0 Å². The van der Waals surface area contributed by atoms with Gasteiger partial charge in [-0.25, -0.2) is 0 Å². The zero-order valence-corrected chi connectivity index (χ0v) is 9.53. The predicted octanol–water partition coefficient (Wildman–Crippen LogP) is -0.389. The highest BCUT2D eigenvalue weighted by Gasteiger charge is 2.17. The third-order valence-corrected chi connectivity index (χ3v) is 2.17. The van der Waals surface area contributed by atoms with Gasteiger partial charge in [-0.15, -0.1) is 0 Å². The number of aliphatic hydroxyl groups is 1. The molecular formula is C10H23NO3. The number of hydrogen-bond acceptors (Lipinski definition) is 3. The van der Waals surface area contributed by atoms with Gasteiger partial charge in [0.15, 0.2) is 0 Å². The summed E-state index contributed by atoms with van der Waals surface area (Å²) in [5.74, 6) is 0. The lowest BCUT2D eigenvalue weighted by atomic mass is 10.3. The Hall–Kier alpha value is -0.610. The maximum absolute atomic E-state index is 8.84. The van der Waals surface area contributed by atoms with Crippen molar-refractivity contribution in [2.24, 2.45) is 0 Å². The van der Waals surface area contributed by atoms with E-state index >= 15 is 0 Å². The second-order valence-corrected chi connectivity index (χ2v) is 3.61. The molecule has 0 heterocycles. The normalized spacial score (nSPS) is 10.3. The molecule has 14 heavy (non-hydrogen) atoms. The monoisotopic (exact) mass is 205 g/mol. The second-order valence-electron chi connectivity index (χ2n) is 3.61. The predicted molar refractivity (Wildman–Crippen MR) is 54.5 cm³/mol. The van der Waals surface area contributed by atoms with E-state index in [4.69, 9.17) is 15.0 Å². The van der Waals surface area contributed by atoms with Gasteiger partial charge in [0.25, 0.3) is 0 Å². The van der Waals surface area contributed by atoms with Crippen LogP contribution in [0.1, 0.15) is 26.7 Å². The standard InChI is InChI=1S/C9H22NO.CH2O2/c1-4-6-10(3,7-5-2)8-9-11;2-1-3/h11H,4-9H2,1-3H3;1H,(H,2,3)/q+1;/p-1. The van der Waals surface area contributed by atoms with E-state index < -0.39 is 6.47 Å². The molecule has 0 amide bonds. The Morgan fingerprint density at radius 2 is 1.57 bits per heavy atom. The summed E-state index contributed by atoms with van der Waals surface area (Å²) < 4.78 is 1.03. The molecule has 0 aliphatic heterocycles. The molecular weight excluding hydrogens is 182 g/mol. The summed E-state index contributed by atoms with van der Waals surface area (Å²) in [6, 6.07) is 0. The van der Waals surface area contributed by atoms with Gasteiger partial charge in [0, 0.05) is 6.47 Å². The highest BCUT2D eigenvalue weighted by Crippen LogP contribution is 2.04. The summed E-state index contributed by atoms with van der Waals surface area (Å²) in [4.78, 5) is 8.25. The molecule has 4 heteroatoms. The minimum absolute atomic E-state index is 0.316. The lowest BCUT2D eigenvalue weighted by Crippen LogP contribution is -2.47. The molecule has 0 fully saturated rings. The lowest BCUT2D eigenvalue weighted by molar-refractivity contribution is -0.909. The minimum atomic E-state index is -0.500. The van der Waals surface area contributed by atoms with Gasteiger partial charge >= 0.3 is 0 Å². The van der Waals surface area contributed by atoms with Gasteiger partial charge in [-0.3, -0.25) is 0 Å². The number of quaternary nitrogens is 1. The molecule has 86 valence electrons. The molecule has 0 bridgehead atoms. The largest absolute Gasteiger partial charge is 0.554 e. The smallest absolute Gasteiger partial charge is 0.102 e. The van der Waals surface area contributed by atoms with E-state index in [0.717, 1.165) is 11.0 Å². The number of hydrogen-bond donors (Lipinski definition) is 1. The number of carbonyl (C=O) groups excluding carboxylic acids is 1. The summed E-state index contributed by atoms with van der Waals surface area (Å²) >= 11 is 0. The van der Waals surface area contributed by atoms with E-state index in [0.29, 0.717) is 6.61 Å². The molecule has 0 rings (SSSR count). The van der Waals surface area contributed by atoms with Crippen LogP contribution in [0.5, 0.6) is 0 Å². The first-order valence-electron chi connectivity index (χ1n) is 5.10. The maximum Gasteiger partial charge on any atom is 0.102 e.